The average Bonchev–Trinajstić information content (AvgIpc) is 2.30. The van der Waals surface area contributed by atoms with Gasteiger partial charge in [0.1, 0.15) is 5.54 Å². The Morgan fingerprint density at radius 2 is 2.06 bits per heavy atom. The van der Waals surface area contributed by atoms with E-state index in [1.54, 1.807) is 6.92 Å². The van der Waals surface area contributed by atoms with E-state index in [9.17, 15) is 4.79 Å². The van der Waals surface area contributed by atoms with Crippen LogP contribution in [0.5, 0.6) is 0 Å². The van der Waals surface area contributed by atoms with Crippen LogP contribution in [-0.4, -0.2) is 23.7 Å². The molecule has 0 bridgehead atoms. The normalized spacial score (nSPS) is 16.0. The number of nitrogens with two attached hydrogens (primary N) is 1. The highest BCUT2D eigenvalue weighted by molar-refractivity contribution is 5.87. The van der Waals surface area contributed by atoms with E-state index in [2.05, 4.69) is 5.32 Å². The number of benzene rings is 1. The minimum atomic E-state index is -1.05. The molecular weight excluding hydrogens is 216 g/mol. The zero-order valence-electron chi connectivity index (χ0n) is 10.3. The summed E-state index contributed by atoms with van der Waals surface area (Å²) < 4.78 is 0. The summed E-state index contributed by atoms with van der Waals surface area (Å²) in [7, 11) is 0. The van der Waals surface area contributed by atoms with Gasteiger partial charge in [-0.25, -0.2) is 0 Å². The van der Waals surface area contributed by atoms with Gasteiger partial charge in [-0.05, 0) is 25.8 Å². The molecule has 0 radical (unpaired) electrons. The molecule has 4 nitrogen and oxygen atoms in total. The van der Waals surface area contributed by atoms with E-state index in [1.165, 1.54) is 0 Å². The fraction of sp³-hybridized carbons (Fsp3) is 0.462. The van der Waals surface area contributed by atoms with Crippen LogP contribution in [0.1, 0.15) is 25.8 Å². The monoisotopic (exact) mass is 236 g/mol. The summed E-state index contributed by atoms with van der Waals surface area (Å²) in [6.07, 6.45) is 0.524. The van der Waals surface area contributed by atoms with Gasteiger partial charge in [0.2, 0.25) is 5.91 Å². The molecule has 94 valence electrons. The van der Waals surface area contributed by atoms with Crippen molar-refractivity contribution in [1.29, 1.82) is 0 Å². The van der Waals surface area contributed by atoms with Gasteiger partial charge in [0.25, 0.3) is 0 Å². The third-order valence-corrected chi connectivity index (χ3v) is 2.78. The van der Waals surface area contributed by atoms with Crippen molar-refractivity contribution < 1.29 is 9.90 Å². The molecule has 0 aliphatic heterocycles. The molecule has 0 heterocycles. The van der Waals surface area contributed by atoms with Crippen LogP contribution in [0.2, 0.25) is 0 Å². The average molecular weight is 236 g/mol. The van der Waals surface area contributed by atoms with E-state index in [1.807, 2.05) is 37.3 Å². The topological polar surface area (TPSA) is 75.3 Å². The molecule has 0 saturated carbocycles. The first kappa shape index (κ1) is 13.7. The maximum absolute atomic E-state index is 12.0. The van der Waals surface area contributed by atoms with E-state index in [0.29, 0.717) is 6.42 Å². The Morgan fingerprint density at radius 3 is 2.59 bits per heavy atom. The van der Waals surface area contributed by atoms with Crippen LogP contribution < -0.4 is 11.1 Å². The summed E-state index contributed by atoms with van der Waals surface area (Å²) in [5, 5.41) is 11.6. The van der Waals surface area contributed by atoms with Crippen molar-refractivity contribution in [3.05, 3.63) is 35.9 Å². The number of hydrogen-bond donors (Lipinski definition) is 3. The summed E-state index contributed by atoms with van der Waals surface area (Å²) >= 11 is 0. The predicted octanol–water partition coefficient (Wildman–Crippen LogP) is 0.748. The van der Waals surface area contributed by atoms with Crippen LogP contribution >= 0.6 is 0 Å². The van der Waals surface area contributed by atoms with Gasteiger partial charge in [-0.2, -0.15) is 0 Å². The van der Waals surface area contributed by atoms with E-state index in [4.69, 9.17) is 10.8 Å². The number of amides is 1. The molecule has 17 heavy (non-hydrogen) atoms. The number of carbonyl (C=O) groups is 1. The second-order valence-corrected chi connectivity index (χ2v) is 4.46. The Hall–Kier alpha value is -1.39. The van der Waals surface area contributed by atoms with Crippen LogP contribution in [-0.2, 0) is 10.3 Å². The van der Waals surface area contributed by atoms with E-state index in [-0.39, 0.29) is 18.6 Å². The van der Waals surface area contributed by atoms with Gasteiger partial charge in [-0.1, -0.05) is 30.3 Å². The molecule has 0 fully saturated rings. The lowest BCUT2D eigenvalue weighted by Gasteiger charge is -2.26. The first-order chi connectivity index (χ1) is 7.98. The smallest absolute Gasteiger partial charge is 0.244 e. The number of hydrogen-bond acceptors (Lipinski definition) is 3. The molecule has 1 rings (SSSR count). The van der Waals surface area contributed by atoms with Crippen molar-refractivity contribution in [2.45, 2.75) is 31.8 Å². The van der Waals surface area contributed by atoms with Crippen molar-refractivity contribution >= 4 is 5.91 Å². The van der Waals surface area contributed by atoms with Crippen molar-refractivity contribution in [3.63, 3.8) is 0 Å². The van der Waals surface area contributed by atoms with Crippen LogP contribution in [0, 0.1) is 0 Å². The van der Waals surface area contributed by atoms with Gasteiger partial charge in [-0.15, -0.1) is 0 Å². The highest BCUT2D eigenvalue weighted by Gasteiger charge is 2.30. The number of rotatable bonds is 5. The molecular formula is C13H20N2O2. The van der Waals surface area contributed by atoms with Crippen molar-refractivity contribution in [3.8, 4) is 0 Å². The molecule has 4 N–H and O–H groups in total. The molecule has 2 atom stereocenters. The van der Waals surface area contributed by atoms with Crippen LogP contribution in [0.15, 0.2) is 30.3 Å². The first-order valence-electron chi connectivity index (χ1n) is 5.74. The standard InChI is InChI=1S/C13H20N2O2/c1-10(8-9-16)15-12(17)13(2,14)11-6-4-3-5-7-11/h3-7,10,16H,8-9,14H2,1-2H3,(H,15,17). The summed E-state index contributed by atoms with van der Waals surface area (Å²) in [4.78, 5) is 12.0. The Kier molecular flexibility index (Phi) is 4.66. The molecule has 2 unspecified atom stereocenters. The molecule has 1 aromatic carbocycles. The quantitative estimate of drug-likeness (QED) is 0.706. The fourth-order valence-electron chi connectivity index (χ4n) is 1.56. The predicted molar refractivity (Wildman–Crippen MR) is 67.3 cm³/mol. The van der Waals surface area contributed by atoms with Gasteiger partial charge in [0, 0.05) is 12.6 Å². The second kappa shape index (κ2) is 5.80. The maximum Gasteiger partial charge on any atom is 0.244 e. The third-order valence-electron chi connectivity index (χ3n) is 2.78. The Bertz CT molecular complexity index is 363. The summed E-state index contributed by atoms with van der Waals surface area (Å²) in [6.45, 7) is 3.58. The number of aliphatic hydroxyl groups is 1. The van der Waals surface area contributed by atoms with Crippen LogP contribution in [0.25, 0.3) is 0 Å². The molecule has 0 saturated heterocycles. The fourth-order valence-corrected chi connectivity index (χ4v) is 1.56. The van der Waals surface area contributed by atoms with Gasteiger partial charge >= 0.3 is 0 Å². The second-order valence-electron chi connectivity index (χ2n) is 4.46. The first-order valence-corrected chi connectivity index (χ1v) is 5.74. The number of nitrogens with one attached hydrogen (secondary N) is 1. The van der Waals surface area contributed by atoms with Crippen molar-refractivity contribution in [1.82, 2.24) is 5.32 Å². The van der Waals surface area contributed by atoms with E-state index in [0.717, 1.165) is 5.56 Å². The minimum absolute atomic E-state index is 0.0497. The third kappa shape index (κ3) is 3.54. The number of carbonyl (C=O) groups excluding carboxylic acids is 1. The summed E-state index contributed by atoms with van der Waals surface area (Å²) in [5.74, 6) is -0.232. The molecule has 4 heteroatoms. The zero-order chi connectivity index (χ0) is 12.9. The lowest BCUT2D eigenvalue weighted by atomic mass is 9.92. The van der Waals surface area contributed by atoms with Crippen molar-refractivity contribution in [2.24, 2.45) is 5.73 Å². The van der Waals surface area contributed by atoms with Crippen LogP contribution in [0.4, 0.5) is 0 Å². The number of aliphatic hydroxyl groups excluding tert-OH is 1. The Balaban J connectivity index is 2.74. The van der Waals surface area contributed by atoms with Crippen molar-refractivity contribution in [2.75, 3.05) is 6.61 Å². The zero-order valence-corrected chi connectivity index (χ0v) is 10.3. The lowest BCUT2D eigenvalue weighted by Crippen LogP contribution is -2.51. The highest BCUT2D eigenvalue weighted by atomic mass is 16.3. The van der Waals surface area contributed by atoms with E-state index < -0.39 is 5.54 Å². The van der Waals surface area contributed by atoms with Gasteiger partial charge in [0.15, 0.2) is 0 Å². The Morgan fingerprint density at radius 1 is 1.47 bits per heavy atom. The van der Waals surface area contributed by atoms with Gasteiger partial charge < -0.3 is 16.2 Å². The van der Waals surface area contributed by atoms with Crippen LogP contribution in [0.3, 0.4) is 0 Å². The summed E-state index contributed by atoms with van der Waals surface area (Å²) in [5.41, 5.74) is 5.77. The molecule has 0 spiro atoms. The van der Waals surface area contributed by atoms with Gasteiger partial charge in [0.05, 0.1) is 0 Å². The minimum Gasteiger partial charge on any atom is -0.396 e. The molecule has 1 aromatic rings. The summed E-state index contributed by atoms with van der Waals surface area (Å²) in [6, 6.07) is 9.16. The molecule has 0 aliphatic carbocycles. The Labute approximate surface area is 102 Å². The maximum atomic E-state index is 12.0. The highest BCUT2D eigenvalue weighted by Crippen LogP contribution is 2.17. The van der Waals surface area contributed by atoms with E-state index >= 15 is 0 Å². The largest absolute Gasteiger partial charge is 0.396 e. The molecule has 0 aliphatic rings. The lowest BCUT2D eigenvalue weighted by molar-refractivity contribution is -0.126. The molecule has 1 amide bonds. The van der Waals surface area contributed by atoms with Gasteiger partial charge in [-0.3, -0.25) is 4.79 Å². The molecule has 0 aromatic heterocycles. The SMILES string of the molecule is CC(CCO)NC(=O)C(C)(N)c1ccccc1.